The zero-order valence-electron chi connectivity index (χ0n) is 8.85. The number of aromatic nitrogens is 2. The summed E-state index contributed by atoms with van der Waals surface area (Å²) in [7, 11) is 1.83. The van der Waals surface area contributed by atoms with E-state index in [1.54, 1.807) is 23.0 Å². The molecule has 1 aromatic heterocycles. The Hall–Kier alpha value is -1.68. The van der Waals surface area contributed by atoms with Gasteiger partial charge in [-0.05, 0) is 24.3 Å². The summed E-state index contributed by atoms with van der Waals surface area (Å²) in [4.78, 5) is 0. The molecule has 0 unspecified atom stereocenters. The van der Waals surface area contributed by atoms with Crippen LogP contribution >= 0.6 is 11.6 Å². The molecule has 4 nitrogen and oxygen atoms in total. The lowest BCUT2D eigenvalue weighted by Crippen LogP contribution is -2.05. The molecule has 0 radical (unpaired) electrons. The van der Waals surface area contributed by atoms with E-state index < -0.39 is 0 Å². The molecule has 1 aromatic carbocycles. The highest BCUT2D eigenvalue weighted by Crippen LogP contribution is 2.18. The molecule has 0 atom stereocenters. The molecule has 0 saturated heterocycles. The number of aryl methyl sites for hydroxylation is 1. The first-order valence-corrected chi connectivity index (χ1v) is 5.19. The summed E-state index contributed by atoms with van der Waals surface area (Å²) in [5.41, 5.74) is 7.24. The van der Waals surface area contributed by atoms with Gasteiger partial charge in [0.1, 0.15) is 12.4 Å². The highest BCUT2D eigenvalue weighted by atomic mass is 35.5. The van der Waals surface area contributed by atoms with E-state index in [2.05, 4.69) is 5.10 Å². The lowest BCUT2D eigenvalue weighted by Gasteiger charge is -2.07. The molecule has 84 valence electrons. The monoisotopic (exact) mass is 237 g/mol. The number of nitrogens with zero attached hydrogens (tertiary/aromatic N) is 2. The maximum Gasteiger partial charge on any atom is 0.132 e. The van der Waals surface area contributed by atoms with Crippen LogP contribution in [0.3, 0.4) is 0 Å². The van der Waals surface area contributed by atoms with Gasteiger partial charge in [0, 0.05) is 12.1 Å². The van der Waals surface area contributed by atoms with Crippen molar-refractivity contribution in [3.8, 4) is 5.75 Å². The molecule has 0 bridgehead atoms. The Morgan fingerprint density at radius 1 is 1.38 bits per heavy atom. The molecule has 0 fully saturated rings. The zero-order valence-corrected chi connectivity index (χ0v) is 9.61. The number of rotatable bonds is 3. The molecule has 0 aliphatic rings. The Kier molecular flexibility index (Phi) is 3.01. The van der Waals surface area contributed by atoms with Crippen molar-refractivity contribution in [2.24, 2.45) is 7.05 Å². The van der Waals surface area contributed by atoms with Gasteiger partial charge in [-0.15, -0.1) is 0 Å². The lowest BCUT2D eigenvalue weighted by atomic mass is 10.3. The SMILES string of the molecule is Cn1ncc(N)c1COc1ccc(Cl)cc1. The first-order chi connectivity index (χ1) is 7.66. The van der Waals surface area contributed by atoms with Crippen molar-refractivity contribution < 1.29 is 4.74 Å². The molecule has 2 rings (SSSR count). The fourth-order valence-corrected chi connectivity index (χ4v) is 1.47. The molecular weight excluding hydrogens is 226 g/mol. The summed E-state index contributed by atoms with van der Waals surface area (Å²) in [5.74, 6) is 0.755. The summed E-state index contributed by atoms with van der Waals surface area (Å²) in [5, 5.41) is 4.72. The third-order valence-electron chi connectivity index (χ3n) is 2.28. The second-order valence-electron chi connectivity index (χ2n) is 3.41. The quantitative estimate of drug-likeness (QED) is 0.891. The van der Waals surface area contributed by atoms with E-state index in [1.807, 2.05) is 19.2 Å². The molecule has 1 heterocycles. The highest BCUT2D eigenvalue weighted by molar-refractivity contribution is 6.30. The van der Waals surface area contributed by atoms with Gasteiger partial charge < -0.3 is 10.5 Å². The van der Waals surface area contributed by atoms with Crippen LogP contribution in [0.15, 0.2) is 30.5 Å². The van der Waals surface area contributed by atoms with E-state index in [0.717, 1.165) is 11.4 Å². The first kappa shape index (κ1) is 10.8. The van der Waals surface area contributed by atoms with Crippen LogP contribution in [0, 0.1) is 0 Å². The smallest absolute Gasteiger partial charge is 0.132 e. The topological polar surface area (TPSA) is 53.1 Å². The van der Waals surface area contributed by atoms with Crippen molar-refractivity contribution in [3.05, 3.63) is 41.2 Å². The number of benzene rings is 1. The number of nitrogen functional groups attached to an aromatic ring is 1. The molecule has 16 heavy (non-hydrogen) atoms. The van der Waals surface area contributed by atoms with Gasteiger partial charge in [-0.2, -0.15) is 5.10 Å². The number of anilines is 1. The standard InChI is InChI=1S/C11H12ClN3O/c1-15-11(10(13)6-14-15)7-16-9-4-2-8(12)3-5-9/h2-6H,7,13H2,1H3. The molecule has 0 amide bonds. The average Bonchev–Trinajstić information content (AvgIpc) is 2.59. The number of hydrogen-bond donors (Lipinski definition) is 1. The summed E-state index contributed by atoms with van der Waals surface area (Å²) >= 11 is 5.77. The second-order valence-corrected chi connectivity index (χ2v) is 3.85. The normalized spacial score (nSPS) is 10.4. The summed E-state index contributed by atoms with van der Waals surface area (Å²) in [6.45, 7) is 0.393. The fraction of sp³-hybridized carbons (Fsp3) is 0.182. The minimum absolute atomic E-state index is 0.393. The number of ether oxygens (including phenoxy) is 1. The molecule has 0 aliphatic heterocycles. The van der Waals surface area contributed by atoms with E-state index in [9.17, 15) is 0 Å². The van der Waals surface area contributed by atoms with Crippen LogP contribution in [0.25, 0.3) is 0 Å². The average molecular weight is 238 g/mol. The van der Waals surface area contributed by atoms with Gasteiger partial charge in [-0.25, -0.2) is 0 Å². The van der Waals surface area contributed by atoms with Gasteiger partial charge in [0.2, 0.25) is 0 Å². The van der Waals surface area contributed by atoms with Crippen LogP contribution < -0.4 is 10.5 Å². The van der Waals surface area contributed by atoms with E-state index in [-0.39, 0.29) is 0 Å². The first-order valence-electron chi connectivity index (χ1n) is 4.81. The Labute approximate surface area is 98.6 Å². The van der Waals surface area contributed by atoms with Gasteiger partial charge in [0.25, 0.3) is 0 Å². The van der Waals surface area contributed by atoms with Gasteiger partial charge >= 0.3 is 0 Å². The van der Waals surface area contributed by atoms with Crippen LogP contribution in [0.2, 0.25) is 5.02 Å². The maximum atomic E-state index is 5.77. The summed E-state index contributed by atoms with van der Waals surface area (Å²) < 4.78 is 7.27. The lowest BCUT2D eigenvalue weighted by molar-refractivity contribution is 0.295. The molecule has 0 saturated carbocycles. The van der Waals surface area contributed by atoms with Crippen LogP contribution in [0.4, 0.5) is 5.69 Å². The Morgan fingerprint density at radius 2 is 2.06 bits per heavy atom. The molecule has 2 N–H and O–H groups in total. The minimum Gasteiger partial charge on any atom is -0.487 e. The molecule has 0 aliphatic carbocycles. The second kappa shape index (κ2) is 4.45. The van der Waals surface area contributed by atoms with Crippen molar-refractivity contribution in [1.82, 2.24) is 9.78 Å². The Balaban J connectivity index is 2.05. The fourth-order valence-electron chi connectivity index (χ4n) is 1.34. The third-order valence-corrected chi connectivity index (χ3v) is 2.54. The maximum absolute atomic E-state index is 5.77. The zero-order chi connectivity index (χ0) is 11.5. The number of halogens is 1. The van der Waals surface area contributed by atoms with Gasteiger partial charge in [0.05, 0.1) is 17.6 Å². The van der Waals surface area contributed by atoms with Crippen molar-refractivity contribution in [2.45, 2.75) is 6.61 Å². The van der Waals surface area contributed by atoms with Crippen molar-refractivity contribution in [3.63, 3.8) is 0 Å². The van der Waals surface area contributed by atoms with Crippen molar-refractivity contribution >= 4 is 17.3 Å². The number of nitrogens with two attached hydrogens (primary N) is 1. The van der Waals surface area contributed by atoms with Gasteiger partial charge in [0.15, 0.2) is 0 Å². The van der Waals surface area contributed by atoms with E-state index in [0.29, 0.717) is 17.3 Å². The predicted molar refractivity (Wildman–Crippen MR) is 63.4 cm³/mol. The molecular formula is C11H12ClN3O. The van der Waals surface area contributed by atoms with Gasteiger partial charge in [-0.3, -0.25) is 4.68 Å². The van der Waals surface area contributed by atoms with Crippen molar-refractivity contribution in [1.29, 1.82) is 0 Å². The van der Waals surface area contributed by atoms with Crippen LogP contribution in [0.5, 0.6) is 5.75 Å². The molecule has 2 aromatic rings. The third kappa shape index (κ3) is 2.28. The van der Waals surface area contributed by atoms with Crippen LogP contribution in [-0.4, -0.2) is 9.78 Å². The molecule has 5 heteroatoms. The Morgan fingerprint density at radius 3 is 2.62 bits per heavy atom. The summed E-state index contributed by atoms with van der Waals surface area (Å²) in [6, 6.07) is 7.19. The van der Waals surface area contributed by atoms with E-state index in [1.165, 1.54) is 0 Å². The minimum atomic E-state index is 0.393. The van der Waals surface area contributed by atoms with E-state index in [4.69, 9.17) is 22.1 Å². The Bertz CT molecular complexity index is 459. The molecule has 0 spiro atoms. The predicted octanol–water partition coefficient (Wildman–Crippen LogP) is 2.23. The van der Waals surface area contributed by atoms with Gasteiger partial charge in [-0.1, -0.05) is 11.6 Å². The van der Waals surface area contributed by atoms with Crippen molar-refractivity contribution in [2.75, 3.05) is 5.73 Å². The summed E-state index contributed by atoms with van der Waals surface area (Å²) in [6.07, 6.45) is 1.61. The van der Waals surface area contributed by atoms with Crippen LogP contribution in [0.1, 0.15) is 5.69 Å². The highest BCUT2D eigenvalue weighted by Gasteiger charge is 2.05. The largest absolute Gasteiger partial charge is 0.487 e. The van der Waals surface area contributed by atoms with E-state index >= 15 is 0 Å². The van der Waals surface area contributed by atoms with Crippen LogP contribution in [-0.2, 0) is 13.7 Å². The number of hydrogen-bond acceptors (Lipinski definition) is 3.